The van der Waals surface area contributed by atoms with Gasteiger partial charge < -0.3 is 10.2 Å². The topological polar surface area (TPSA) is 35.6 Å². The highest BCUT2D eigenvalue weighted by molar-refractivity contribution is 5.77. The largest absolute Gasteiger partial charge is 0.358 e. The van der Waals surface area contributed by atoms with Crippen LogP contribution < -0.4 is 5.32 Å². The van der Waals surface area contributed by atoms with E-state index in [-0.39, 0.29) is 5.91 Å². The van der Waals surface area contributed by atoms with Crippen LogP contribution in [0.5, 0.6) is 0 Å². The van der Waals surface area contributed by atoms with Crippen molar-refractivity contribution in [2.75, 3.05) is 47.8 Å². The van der Waals surface area contributed by atoms with Crippen molar-refractivity contribution in [1.82, 2.24) is 15.1 Å². The quantitative estimate of drug-likeness (QED) is 0.593. The molecule has 0 spiro atoms. The maximum absolute atomic E-state index is 10.9. The van der Waals surface area contributed by atoms with E-state index in [9.17, 15) is 4.79 Å². The summed E-state index contributed by atoms with van der Waals surface area (Å²) in [4.78, 5) is 15.0. The van der Waals surface area contributed by atoms with Crippen LogP contribution in [-0.4, -0.2) is 63.5 Å². The van der Waals surface area contributed by atoms with E-state index in [0.717, 1.165) is 13.1 Å². The molecule has 1 N–H and O–H groups in total. The zero-order valence-corrected chi connectivity index (χ0v) is 8.42. The van der Waals surface area contributed by atoms with Crippen LogP contribution in [0.4, 0.5) is 0 Å². The molecule has 0 aromatic carbocycles. The van der Waals surface area contributed by atoms with E-state index in [1.807, 2.05) is 26.0 Å². The van der Waals surface area contributed by atoms with E-state index in [4.69, 9.17) is 0 Å². The Kier molecular flexibility index (Phi) is 5.66. The molecule has 0 aliphatic rings. The van der Waals surface area contributed by atoms with Crippen LogP contribution in [0, 0.1) is 0 Å². The Morgan fingerprint density at radius 2 is 1.83 bits per heavy atom. The lowest BCUT2D eigenvalue weighted by Crippen LogP contribution is -2.36. The SMILES string of the molecule is CNC(=O)CN(C)CCN(C)C. The van der Waals surface area contributed by atoms with E-state index in [0.29, 0.717) is 6.54 Å². The number of nitrogens with one attached hydrogen (secondary N) is 1. The zero-order chi connectivity index (χ0) is 9.56. The van der Waals surface area contributed by atoms with Crippen molar-refractivity contribution < 1.29 is 4.79 Å². The number of nitrogens with zero attached hydrogens (tertiary/aromatic N) is 2. The van der Waals surface area contributed by atoms with Gasteiger partial charge in [-0.05, 0) is 21.1 Å². The third kappa shape index (κ3) is 6.12. The number of likely N-dealkylation sites (N-methyl/N-ethyl adjacent to an activating group) is 3. The summed E-state index contributed by atoms with van der Waals surface area (Å²) in [6.45, 7) is 2.37. The van der Waals surface area contributed by atoms with E-state index < -0.39 is 0 Å². The van der Waals surface area contributed by atoms with Gasteiger partial charge in [0, 0.05) is 20.1 Å². The van der Waals surface area contributed by atoms with Crippen LogP contribution in [-0.2, 0) is 4.79 Å². The third-order valence-corrected chi connectivity index (χ3v) is 1.62. The zero-order valence-electron chi connectivity index (χ0n) is 8.42. The molecule has 0 saturated heterocycles. The lowest BCUT2D eigenvalue weighted by molar-refractivity contribution is -0.121. The summed E-state index contributed by atoms with van der Waals surface area (Å²) in [6.07, 6.45) is 0. The highest BCUT2D eigenvalue weighted by Crippen LogP contribution is 1.83. The maximum atomic E-state index is 10.9. The molecule has 0 aromatic heterocycles. The van der Waals surface area contributed by atoms with Crippen LogP contribution in [0.15, 0.2) is 0 Å². The van der Waals surface area contributed by atoms with Crippen molar-refractivity contribution >= 4 is 5.91 Å². The average molecular weight is 173 g/mol. The second-order valence-electron chi connectivity index (χ2n) is 3.21. The molecule has 0 saturated carbocycles. The van der Waals surface area contributed by atoms with Crippen LogP contribution in [0.1, 0.15) is 0 Å². The molecule has 0 bridgehead atoms. The molecule has 12 heavy (non-hydrogen) atoms. The van der Waals surface area contributed by atoms with Gasteiger partial charge in [0.05, 0.1) is 6.54 Å². The van der Waals surface area contributed by atoms with Gasteiger partial charge in [-0.1, -0.05) is 0 Å². The molecule has 72 valence electrons. The summed E-state index contributed by atoms with van der Waals surface area (Å²) in [7, 11) is 7.64. The van der Waals surface area contributed by atoms with Gasteiger partial charge in [0.2, 0.25) is 5.91 Å². The summed E-state index contributed by atoms with van der Waals surface area (Å²) in [6, 6.07) is 0. The first-order valence-electron chi connectivity index (χ1n) is 4.10. The predicted molar refractivity (Wildman–Crippen MR) is 50.1 cm³/mol. The molecule has 0 atom stereocenters. The summed E-state index contributed by atoms with van der Waals surface area (Å²) in [5, 5.41) is 2.59. The average Bonchev–Trinajstić information content (AvgIpc) is 2.00. The van der Waals surface area contributed by atoms with Gasteiger partial charge >= 0.3 is 0 Å². The Morgan fingerprint density at radius 1 is 1.25 bits per heavy atom. The van der Waals surface area contributed by atoms with E-state index >= 15 is 0 Å². The molecule has 0 radical (unpaired) electrons. The molecule has 0 unspecified atom stereocenters. The minimum Gasteiger partial charge on any atom is -0.358 e. The fraction of sp³-hybridized carbons (Fsp3) is 0.875. The van der Waals surface area contributed by atoms with Crippen LogP contribution in [0.3, 0.4) is 0 Å². The Morgan fingerprint density at radius 3 is 2.25 bits per heavy atom. The maximum Gasteiger partial charge on any atom is 0.233 e. The number of hydrogen-bond donors (Lipinski definition) is 1. The van der Waals surface area contributed by atoms with Crippen molar-refractivity contribution in [1.29, 1.82) is 0 Å². The summed E-state index contributed by atoms with van der Waals surface area (Å²) >= 11 is 0. The molecule has 0 aromatic rings. The normalized spacial score (nSPS) is 10.8. The van der Waals surface area contributed by atoms with Crippen molar-refractivity contribution in [3.05, 3.63) is 0 Å². The number of hydrogen-bond acceptors (Lipinski definition) is 3. The first-order valence-corrected chi connectivity index (χ1v) is 4.10. The van der Waals surface area contributed by atoms with E-state index in [2.05, 4.69) is 10.2 Å². The predicted octanol–water partition coefficient (Wildman–Crippen LogP) is -0.774. The van der Waals surface area contributed by atoms with Crippen molar-refractivity contribution in [3.63, 3.8) is 0 Å². The summed E-state index contributed by atoms with van der Waals surface area (Å²) in [5.41, 5.74) is 0. The second kappa shape index (κ2) is 5.97. The fourth-order valence-electron chi connectivity index (χ4n) is 0.774. The smallest absolute Gasteiger partial charge is 0.233 e. The molecule has 0 aliphatic carbocycles. The highest BCUT2D eigenvalue weighted by Gasteiger charge is 2.03. The van der Waals surface area contributed by atoms with Crippen molar-refractivity contribution in [2.45, 2.75) is 0 Å². The third-order valence-electron chi connectivity index (χ3n) is 1.62. The monoisotopic (exact) mass is 173 g/mol. The van der Waals surface area contributed by atoms with Gasteiger partial charge in [-0.15, -0.1) is 0 Å². The Balaban J connectivity index is 3.45. The molecule has 0 aliphatic heterocycles. The van der Waals surface area contributed by atoms with Gasteiger partial charge in [-0.3, -0.25) is 9.69 Å². The standard InChI is InChI=1S/C8H19N3O/c1-9-8(12)7-11(4)6-5-10(2)3/h5-7H2,1-4H3,(H,9,12). The Hall–Kier alpha value is -0.610. The minimum absolute atomic E-state index is 0.0660. The van der Waals surface area contributed by atoms with Crippen molar-refractivity contribution in [2.24, 2.45) is 0 Å². The lowest BCUT2D eigenvalue weighted by Gasteiger charge is -2.17. The molecule has 0 rings (SSSR count). The van der Waals surface area contributed by atoms with Gasteiger partial charge in [-0.2, -0.15) is 0 Å². The molecule has 1 amide bonds. The van der Waals surface area contributed by atoms with Gasteiger partial charge in [0.15, 0.2) is 0 Å². The first kappa shape index (κ1) is 11.4. The Labute approximate surface area is 74.5 Å². The van der Waals surface area contributed by atoms with Gasteiger partial charge in [0.1, 0.15) is 0 Å². The second-order valence-corrected chi connectivity index (χ2v) is 3.21. The van der Waals surface area contributed by atoms with Crippen LogP contribution in [0.25, 0.3) is 0 Å². The number of carbonyl (C=O) groups is 1. The molecular formula is C8H19N3O. The number of rotatable bonds is 5. The number of carbonyl (C=O) groups excluding carboxylic acids is 1. The molecule has 4 heteroatoms. The molecular weight excluding hydrogens is 154 g/mol. The number of amides is 1. The van der Waals surface area contributed by atoms with Crippen LogP contribution in [0.2, 0.25) is 0 Å². The minimum atomic E-state index is 0.0660. The van der Waals surface area contributed by atoms with Crippen molar-refractivity contribution in [3.8, 4) is 0 Å². The fourth-order valence-corrected chi connectivity index (χ4v) is 0.774. The summed E-state index contributed by atoms with van der Waals surface area (Å²) < 4.78 is 0. The van der Waals surface area contributed by atoms with E-state index in [1.54, 1.807) is 7.05 Å². The molecule has 0 fully saturated rings. The summed E-state index contributed by atoms with van der Waals surface area (Å²) in [5.74, 6) is 0.0660. The van der Waals surface area contributed by atoms with Gasteiger partial charge in [-0.25, -0.2) is 0 Å². The molecule has 0 heterocycles. The molecule has 4 nitrogen and oxygen atoms in total. The highest BCUT2D eigenvalue weighted by atomic mass is 16.1. The first-order chi connectivity index (χ1) is 5.56. The Bertz CT molecular complexity index is 136. The lowest BCUT2D eigenvalue weighted by atomic mass is 10.4. The van der Waals surface area contributed by atoms with Gasteiger partial charge in [0.25, 0.3) is 0 Å². The van der Waals surface area contributed by atoms with Crippen LogP contribution >= 0.6 is 0 Å². The van der Waals surface area contributed by atoms with E-state index in [1.165, 1.54) is 0 Å².